The van der Waals surface area contributed by atoms with E-state index in [-0.39, 0.29) is 4.87 Å². The van der Waals surface area contributed by atoms with Gasteiger partial charge in [-0.15, -0.1) is 0 Å². The Hall–Kier alpha value is -1.17. The number of thiazole rings is 1. The first-order valence-electron chi connectivity index (χ1n) is 4.71. The minimum atomic E-state index is -0.0868. The number of hydrogen-bond donors (Lipinski definition) is 3. The summed E-state index contributed by atoms with van der Waals surface area (Å²) in [4.78, 5) is 13.5. The molecule has 0 bridgehead atoms. The van der Waals surface area contributed by atoms with E-state index in [0.29, 0.717) is 28.0 Å². The Balaban J connectivity index is 2.16. The number of rotatable bonds is 3. The van der Waals surface area contributed by atoms with E-state index < -0.39 is 0 Å². The van der Waals surface area contributed by atoms with E-state index in [2.05, 4.69) is 10.3 Å². The molecule has 2 rings (SSSR count). The Kier molecular flexibility index (Phi) is 3.61. The van der Waals surface area contributed by atoms with Crippen molar-refractivity contribution in [1.82, 2.24) is 4.98 Å². The van der Waals surface area contributed by atoms with Crippen LogP contribution in [-0.4, -0.2) is 4.98 Å². The van der Waals surface area contributed by atoms with E-state index in [0.717, 1.165) is 17.0 Å². The summed E-state index contributed by atoms with van der Waals surface area (Å²) in [5.74, 6) is 0. The first kappa shape index (κ1) is 12.3. The number of nitrogens with two attached hydrogens (primary N) is 1. The van der Waals surface area contributed by atoms with Crippen molar-refractivity contribution in [3.63, 3.8) is 0 Å². The van der Waals surface area contributed by atoms with Gasteiger partial charge in [0.25, 0.3) is 0 Å². The van der Waals surface area contributed by atoms with Gasteiger partial charge in [-0.25, -0.2) is 0 Å². The van der Waals surface area contributed by atoms with Crippen molar-refractivity contribution in [2.24, 2.45) is 0 Å². The molecule has 0 amide bonds. The summed E-state index contributed by atoms with van der Waals surface area (Å²) in [6.45, 7) is 0.447. The standard InChI is InChI=1S/C10H9Cl2N3OS/c11-7-1-5(13)2-8(12)9(7)14-3-6-4-17-10(16)15-6/h1-2,4,14H,3,13H2,(H,15,16). The van der Waals surface area contributed by atoms with Crippen molar-refractivity contribution >= 4 is 45.9 Å². The van der Waals surface area contributed by atoms with Crippen LogP contribution < -0.4 is 15.9 Å². The molecular formula is C10H9Cl2N3OS. The van der Waals surface area contributed by atoms with Crippen LogP contribution in [0.25, 0.3) is 0 Å². The number of benzene rings is 1. The average Bonchev–Trinajstić information content (AvgIpc) is 2.62. The molecule has 1 heterocycles. The van der Waals surface area contributed by atoms with Crippen molar-refractivity contribution in [1.29, 1.82) is 0 Å². The minimum absolute atomic E-state index is 0.0868. The smallest absolute Gasteiger partial charge is 0.304 e. The molecule has 0 saturated heterocycles. The maximum atomic E-state index is 10.9. The molecule has 0 aliphatic heterocycles. The van der Waals surface area contributed by atoms with Gasteiger partial charge in [0.15, 0.2) is 0 Å². The summed E-state index contributed by atoms with van der Waals surface area (Å²) in [5, 5.41) is 5.70. The normalized spacial score (nSPS) is 10.5. The monoisotopic (exact) mass is 289 g/mol. The molecule has 4 nitrogen and oxygen atoms in total. The highest BCUT2D eigenvalue weighted by Crippen LogP contribution is 2.32. The Morgan fingerprint density at radius 2 is 2.00 bits per heavy atom. The maximum Gasteiger partial charge on any atom is 0.304 e. The highest BCUT2D eigenvalue weighted by Gasteiger charge is 2.07. The molecule has 90 valence electrons. The molecule has 2 aromatic rings. The second-order valence-electron chi connectivity index (χ2n) is 3.39. The van der Waals surface area contributed by atoms with Gasteiger partial charge in [-0.3, -0.25) is 4.79 Å². The lowest BCUT2D eigenvalue weighted by molar-refractivity contribution is 1.06. The number of aromatic nitrogens is 1. The molecule has 0 saturated carbocycles. The zero-order chi connectivity index (χ0) is 12.4. The highest BCUT2D eigenvalue weighted by atomic mass is 35.5. The lowest BCUT2D eigenvalue weighted by Gasteiger charge is -2.10. The number of hydrogen-bond acceptors (Lipinski definition) is 4. The van der Waals surface area contributed by atoms with E-state index in [1.807, 2.05) is 0 Å². The van der Waals surface area contributed by atoms with Crippen LogP contribution in [-0.2, 0) is 6.54 Å². The molecule has 0 spiro atoms. The van der Waals surface area contributed by atoms with Gasteiger partial charge in [0.1, 0.15) is 0 Å². The average molecular weight is 290 g/mol. The Labute approximate surface area is 111 Å². The quantitative estimate of drug-likeness (QED) is 0.761. The number of aromatic amines is 1. The van der Waals surface area contributed by atoms with Crippen LogP contribution in [0.3, 0.4) is 0 Å². The molecule has 0 radical (unpaired) electrons. The first-order valence-corrected chi connectivity index (χ1v) is 6.35. The number of nitrogens with one attached hydrogen (secondary N) is 2. The zero-order valence-corrected chi connectivity index (χ0v) is 10.9. The molecule has 0 aliphatic rings. The summed E-state index contributed by atoms with van der Waals surface area (Å²) in [6, 6.07) is 3.23. The fourth-order valence-corrected chi connectivity index (χ4v) is 2.56. The second kappa shape index (κ2) is 5.00. The number of nitrogen functional groups attached to an aromatic ring is 1. The topological polar surface area (TPSA) is 70.9 Å². The van der Waals surface area contributed by atoms with Crippen LogP contribution in [0, 0.1) is 0 Å². The van der Waals surface area contributed by atoms with Crippen molar-refractivity contribution in [3.05, 3.63) is 42.9 Å². The van der Waals surface area contributed by atoms with Crippen LogP contribution >= 0.6 is 34.5 Å². The first-order chi connectivity index (χ1) is 8.06. The Morgan fingerprint density at radius 1 is 1.35 bits per heavy atom. The SMILES string of the molecule is Nc1cc(Cl)c(NCc2csc(=O)[nH]2)c(Cl)c1. The number of anilines is 2. The summed E-state index contributed by atoms with van der Waals surface area (Å²) in [6.07, 6.45) is 0. The van der Waals surface area contributed by atoms with Crippen LogP contribution in [0.2, 0.25) is 10.0 Å². The van der Waals surface area contributed by atoms with Crippen molar-refractivity contribution < 1.29 is 0 Å². The molecule has 1 aromatic carbocycles. The zero-order valence-electron chi connectivity index (χ0n) is 8.59. The van der Waals surface area contributed by atoms with Crippen LogP contribution in [0.15, 0.2) is 22.3 Å². The third kappa shape index (κ3) is 2.94. The molecule has 0 unspecified atom stereocenters. The van der Waals surface area contributed by atoms with Gasteiger partial charge < -0.3 is 16.0 Å². The van der Waals surface area contributed by atoms with Crippen LogP contribution in [0.4, 0.5) is 11.4 Å². The van der Waals surface area contributed by atoms with Gasteiger partial charge >= 0.3 is 4.87 Å². The Morgan fingerprint density at radius 3 is 2.53 bits per heavy atom. The van der Waals surface area contributed by atoms with E-state index in [9.17, 15) is 4.79 Å². The molecule has 1 aromatic heterocycles. The molecular weight excluding hydrogens is 281 g/mol. The van der Waals surface area contributed by atoms with Crippen LogP contribution in [0.5, 0.6) is 0 Å². The van der Waals surface area contributed by atoms with Gasteiger partial charge in [0, 0.05) is 16.8 Å². The summed E-state index contributed by atoms with van der Waals surface area (Å²) in [5.41, 5.74) is 7.49. The van der Waals surface area contributed by atoms with Crippen molar-refractivity contribution in [3.8, 4) is 0 Å². The molecule has 0 aliphatic carbocycles. The van der Waals surface area contributed by atoms with E-state index >= 15 is 0 Å². The maximum absolute atomic E-state index is 10.9. The van der Waals surface area contributed by atoms with Gasteiger partial charge in [0.05, 0.1) is 22.3 Å². The van der Waals surface area contributed by atoms with E-state index in [4.69, 9.17) is 28.9 Å². The predicted octanol–water partition coefficient (Wildman–Crippen LogP) is 2.94. The van der Waals surface area contributed by atoms with Crippen molar-refractivity contribution in [2.45, 2.75) is 6.54 Å². The molecule has 0 fully saturated rings. The third-order valence-electron chi connectivity index (χ3n) is 2.09. The fourth-order valence-electron chi connectivity index (χ4n) is 1.35. The number of halogens is 2. The van der Waals surface area contributed by atoms with Gasteiger partial charge in [-0.1, -0.05) is 34.5 Å². The third-order valence-corrected chi connectivity index (χ3v) is 3.41. The molecule has 0 atom stereocenters. The van der Waals surface area contributed by atoms with Crippen molar-refractivity contribution in [2.75, 3.05) is 11.1 Å². The van der Waals surface area contributed by atoms with Gasteiger partial charge in [0.2, 0.25) is 0 Å². The number of H-pyrrole nitrogens is 1. The minimum Gasteiger partial charge on any atom is -0.399 e. The van der Waals surface area contributed by atoms with E-state index in [1.54, 1.807) is 17.5 Å². The predicted molar refractivity (Wildman–Crippen MR) is 73.1 cm³/mol. The molecule has 4 N–H and O–H groups in total. The summed E-state index contributed by atoms with van der Waals surface area (Å²) < 4.78 is 0. The van der Waals surface area contributed by atoms with Gasteiger partial charge in [-0.2, -0.15) is 0 Å². The van der Waals surface area contributed by atoms with Gasteiger partial charge in [-0.05, 0) is 12.1 Å². The molecule has 17 heavy (non-hydrogen) atoms. The van der Waals surface area contributed by atoms with E-state index in [1.165, 1.54) is 0 Å². The largest absolute Gasteiger partial charge is 0.399 e. The fraction of sp³-hybridized carbons (Fsp3) is 0.100. The second-order valence-corrected chi connectivity index (χ2v) is 5.04. The lowest BCUT2D eigenvalue weighted by atomic mass is 10.2. The lowest BCUT2D eigenvalue weighted by Crippen LogP contribution is -2.04. The highest BCUT2D eigenvalue weighted by molar-refractivity contribution is 7.07. The summed E-state index contributed by atoms with van der Waals surface area (Å²) >= 11 is 13.1. The molecule has 7 heteroatoms. The van der Waals surface area contributed by atoms with Crippen LogP contribution in [0.1, 0.15) is 5.69 Å². The summed E-state index contributed by atoms with van der Waals surface area (Å²) in [7, 11) is 0. The Bertz CT molecular complexity index is 570.